The number of amides is 1. The van der Waals surface area contributed by atoms with Crippen LogP contribution in [0.5, 0.6) is 0 Å². The van der Waals surface area contributed by atoms with Crippen molar-refractivity contribution < 1.29 is 9.53 Å². The van der Waals surface area contributed by atoms with Crippen molar-refractivity contribution in [1.29, 1.82) is 0 Å². The summed E-state index contributed by atoms with van der Waals surface area (Å²) in [6.07, 6.45) is 3.53. The zero-order chi connectivity index (χ0) is 24.2. The van der Waals surface area contributed by atoms with Crippen molar-refractivity contribution in [3.05, 3.63) is 84.8 Å². The number of morpholine rings is 1. The van der Waals surface area contributed by atoms with Gasteiger partial charge in [-0.2, -0.15) is 0 Å². The van der Waals surface area contributed by atoms with E-state index < -0.39 is 0 Å². The highest BCUT2D eigenvalue weighted by Gasteiger charge is 2.17. The molecule has 5 rings (SSSR count). The summed E-state index contributed by atoms with van der Waals surface area (Å²) in [7, 11) is 0. The van der Waals surface area contributed by atoms with Crippen LogP contribution in [0.3, 0.4) is 0 Å². The molecule has 35 heavy (non-hydrogen) atoms. The number of ether oxygens (including phenoxy) is 1. The second-order valence-corrected chi connectivity index (χ2v) is 8.41. The lowest BCUT2D eigenvalue weighted by atomic mass is 10.0. The van der Waals surface area contributed by atoms with Gasteiger partial charge in [0.1, 0.15) is 6.10 Å². The number of rotatable bonds is 6. The first-order valence-corrected chi connectivity index (χ1v) is 11.5. The molecule has 2 aromatic heterocycles. The number of para-hydroxylation sites is 1. The van der Waals surface area contributed by atoms with Gasteiger partial charge in [-0.25, -0.2) is 9.97 Å². The molecule has 1 amide bonds. The molecule has 0 aliphatic carbocycles. The van der Waals surface area contributed by atoms with E-state index in [9.17, 15) is 4.79 Å². The Morgan fingerprint density at radius 3 is 2.74 bits per heavy atom. The minimum atomic E-state index is -0.208. The third kappa shape index (κ3) is 5.18. The summed E-state index contributed by atoms with van der Waals surface area (Å²) in [6.45, 7) is 7.68. The van der Waals surface area contributed by atoms with E-state index in [4.69, 9.17) is 9.72 Å². The average molecular weight is 467 g/mol. The fourth-order valence-electron chi connectivity index (χ4n) is 3.91. The maximum Gasteiger partial charge on any atom is 0.250 e. The number of nitrogens with one attached hydrogen (secondary N) is 3. The second kappa shape index (κ2) is 10.0. The zero-order valence-electron chi connectivity index (χ0n) is 19.4. The molecular weight excluding hydrogens is 440 g/mol. The summed E-state index contributed by atoms with van der Waals surface area (Å²) < 4.78 is 5.77. The van der Waals surface area contributed by atoms with Gasteiger partial charge in [-0.1, -0.05) is 36.9 Å². The highest BCUT2D eigenvalue weighted by molar-refractivity contribution is 6.03. The average Bonchev–Trinajstić information content (AvgIpc) is 2.89. The van der Waals surface area contributed by atoms with Gasteiger partial charge in [0.25, 0.3) is 5.91 Å². The van der Waals surface area contributed by atoms with Gasteiger partial charge in [-0.3, -0.25) is 9.78 Å². The molecule has 1 saturated heterocycles. The van der Waals surface area contributed by atoms with Crippen molar-refractivity contribution in [2.45, 2.75) is 13.0 Å². The zero-order valence-corrected chi connectivity index (χ0v) is 19.4. The standard InChI is InChI=1S/C27H26N6O2/c1-17(2)26(34)31-20-7-3-5-18(13-20)22-8-4-6-19-14-30-27(33-25(19)22)32-21-9-10-23(29-15-21)24-16-28-11-12-35-24/h3-10,13-15,24,28H,1,11-12,16H2,2H3,(H,31,34)(H,30,32,33). The molecule has 4 aromatic rings. The number of nitrogens with zero attached hydrogens (tertiary/aromatic N) is 3. The summed E-state index contributed by atoms with van der Waals surface area (Å²) in [5.74, 6) is 0.265. The monoisotopic (exact) mass is 466 g/mol. The van der Waals surface area contributed by atoms with Gasteiger partial charge in [0.2, 0.25) is 5.95 Å². The van der Waals surface area contributed by atoms with Crippen LogP contribution in [0.15, 0.2) is 79.1 Å². The number of carbonyl (C=O) groups excluding carboxylic acids is 1. The predicted molar refractivity (Wildman–Crippen MR) is 138 cm³/mol. The van der Waals surface area contributed by atoms with Crippen molar-refractivity contribution in [2.24, 2.45) is 0 Å². The van der Waals surface area contributed by atoms with Gasteiger partial charge in [0.05, 0.1) is 29.7 Å². The highest BCUT2D eigenvalue weighted by Crippen LogP contribution is 2.30. The minimum Gasteiger partial charge on any atom is -0.369 e. The van der Waals surface area contributed by atoms with Crippen LogP contribution in [-0.2, 0) is 9.53 Å². The van der Waals surface area contributed by atoms with Gasteiger partial charge >= 0.3 is 0 Å². The topological polar surface area (TPSA) is 101 Å². The summed E-state index contributed by atoms with van der Waals surface area (Å²) in [6, 6.07) is 17.5. The molecule has 1 atom stereocenters. The van der Waals surface area contributed by atoms with Crippen molar-refractivity contribution >= 4 is 34.1 Å². The minimum absolute atomic E-state index is 0.0341. The Bertz CT molecular complexity index is 1380. The molecule has 0 spiro atoms. The van der Waals surface area contributed by atoms with Crippen LogP contribution in [-0.4, -0.2) is 40.6 Å². The number of benzene rings is 2. The Hall–Kier alpha value is -4.14. The van der Waals surface area contributed by atoms with E-state index >= 15 is 0 Å². The number of hydrogen-bond acceptors (Lipinski definition) is 7. The van der Waals surface area contributed by atoms with Gasteiger partial charge in [-0.15, -0.1) is 0 Å². The van der Waals surface area contributed by atoms with Crippen molar-refractivity contribution in [3.8, 4) is 11.1 Å². The van der Waals surface area contributed by atoms with Crippen molar-refractivity contribution in [2.75, 3.05) is 30.3 Å². The summed E-state index contributed by atoms with van der Waals surface area (Å²) in [5.41, 5.74) is 5.51. The Labute approximate surface area is 203 Å². The second-order valence-electron chi connectivity index (χ2n) is 8.41. The molecule has 3 N–H and O–H groups in total. The van der Waals surface area contributed by atoms with Gasteiger partial charge in [0, 0.05) is 41.5 Å². The SMILES string of the molecule is C=C(C)C(=O)Nc1cccc(-c2cccc3cnc(Nc4ccc(C5CNCCO5)nc4)nc23)c1. The molecule has 1 aliphatic heterocycles. The number of aromatic nitrogens is 3. The third-order valence-electron chi connectivity index (χ3n) is 5.73. The van der Waals surface area contributed by atoms with Crippen molar-refractivity contribution in [1.82, 2.24) is 20.3 Å². The molecule has 8 nitrogen and oxygen atoms in total. The molecule has 8 heteroatoms. The van der Waals surface area contributed by atoms with Crippen LogP contribution >= 0.6 is 0 Å². The molecule has 3 heterocycles. The summed E-state index contributed by atoms with van der Waals surface area (Å²) >= 11 is 0. The number of pyridine rings is 1. The van der Waals surface area contributed by atoms with Gasteiger partial charge in [-0.05, 0) is 36.8 Å². The smallest absolute Gasteiger partial charge is 0.250 e. The highest BCUT2D eigenvalue weighted by atomic mass is 16.5. The molecule has 2 aromatic carbocycles. The van der Waals surface area contributed by atoms with E-state index in [1.165, 1.54) is 0 Å². The molecular formula is C27H26N6O2. The van der Waals surface area contributed by atoms with Crippen LogP contribution < -0.4 is 16.0 Å². The Balaban J connectivity index is 1.41. The first-order valence-electron chi connectivity index (χ1n) is 11.5. The maximum atomic E-state index is 12.0. The van der Waals surface area contributed by atoms with E-state index in [0.29, 0.717) is 23.8 Å². The predicted octanol–water partition coefficient (Wildman–Crippen LogP) is 4.61. The Morgan fingerprint density at radius 2 is 1.97 bits per heavy atom. The summed E-state index contributed by atoms with van der Waals surface area (Å²) in [5, 5.41) is 10.3. The quantitative estimate of drug-likeness (QED) is 0.357. The van der Waals surface area contributed by atoms with E-state index in [2.05, 4.69) is 32.5 Å². The summed E-state index contributed by atoms with van der Waals surface area (Å²) in [4.78, 5) is 25.9. The number of fused-ring (bicyclic) bond motifs is 1. The molecule has 0 bridgehead atoms. The Morgan fingerprint density at radius 1 is 1.09 bits per heavy atom. The molecule has 176 valence electrons. The number of carbonyl (C=O) groups is 1. The molecule has 1 fully saturated rings. The largest absolute Gasteiger partial charge is 0.369 e. The lowest BCUT2D eigenvalue weighted by Crippen LogP contribution is -2.33. The van der Waals surface area contributed by atoms with Crippen LogP contribution in [0, 0.1) is 0 Å². The lowest BCUT2D eigenvalue weighted by Gasteiger charge is -2.23. The molecule has 1 aliphatic rings. The van der Waals surface area contributed by atoms with Crippen LogP contribution in [0.4, 0.5) is 17.3 Å². The number of hydrogen-bond donors (Lipinski definition) is 3. The van der Waals surface area contributed by atoms with E-state index in [1.54, 1.807) is 19.3 Å². The number of anilines is 3. The van der Waals surface area contributed by atoms with Crippen LogP contribution in [0.2, 0.25) is 0 Å². The van der Waals surface area contributed by atoms with Gasteiger partial charge < -0.3 is 20.7 Å². The van der Waals surface area contributed by atoms with E-state index in [0.717, 1.165) is 46.5 Å². The normalized spacial score (nSPS) is 15.5. The Kier molecular flexibility index (Phi) is 6.47. The molecule has 0 radical (unpaired) electrons. The van der Waals surface area contributed by atoms with E-state index in [-0.39, 0.29) is 12.0 Å². The van der Waals surface area contributed by atoms with Crippen molar-refractivity contribution in [3.63, 3.8) is 0 Å². The fraction of sp³-hybridized carbons (Fsp3) is 0.185. The fourth-order valence-corrected chi connectivity index (χ4v) is 3.91. The third-order valence-corrected chi connectivity index (χ3v) is 5.73. The van der Waals surface area contributed by atoms with Crippen LogP contribution in [0.1, 0.15) is 18.7 Å². The first-order chi connectivity index (χ1) is 17.1. The lowest BCUT2D eigenvalue weighted by molar-refractivity contribution is -0.112. The van der Waals surface area contributed by atoms with E-state index in [1.807, 2.05) is 54.6 Å². The van der Waals surface area contributed by atoms with Crippen LogP contribution in [0.25, 0.3) is 22.0 Å². The van der Waals surface area contributed by atoms with Gasteiger partial charge in [0.15, 0.2) is 0 Å². The molecule has 1 unspecified atom stereocenters. The maximum absolute atomic E-state index is 12.0. The molecule has 0 saturated carbocycles. The first kappa shape index (κ1) is 22.6.